The van der Waals surface area contributed by atoms with Gasteiger partial charge in [-0.15, -0.1) is 5.92 Å². The highest BCUT2D eigenvalue weighted by molar-refractivity contribution is 5.76. The minimum Gasteiger partial charge on any atom is -0.467 e. The number of hydrogen-bond donors (Lipinski definition) is 0. The molecular weight excluding hydrogens is 256 g/mol. The van der Waals surface area contributed by atoms with E-state index in [0.29, 0.717) is 0 Å². The average molecular weight is 278 g/mol. The van der Waals surface area contributed by atoms with Gasteiger partial charge < -0.3 is 14.2 Å². The number of hydrogen-bond acceptors (Lipinski definition) is 4. The lowest BCUT2D eigenvalue weighted by Crippen LogP contribution is -2.33. The molecule has 1 aliphatic heterocycles. The van der Waals surface area contributed by atoms with Crippen molar-refractivity contribution in [2.24, 2.45) is 0 Å². The van der Waals surface area contributed by atoms with Gasteiger partial charge >= 0.3 is 5.97 Å². The molecule has 0 radical (unpaired) electrons. The maximum absolute atomic E-state index is 11.8. The van der Waals surface area contributed by atoms with E-state index in [0.717, 1.165) is 17.6 Å². The fourth-order valence-corrected chi connectivity index (χ4v) is 2.02. The Morgan fingerprint density at radius 3 is 2.55 bits per heavy atom. The van der Waals surface area contributed by atoms with E-state index in [-0.39, 0.29) is 0 Å². The highest BCUT2D eigenvalue weighted by Gasteiger charge is 2.41. The van der Waals surface area contributed by atoms with Crippen molar-refractivity contribution in [1.82, 2.24) is 0 Å². The zero-order chi connectivity index (χ0) is 15.1. The lowest BCUT2D eigenvalue weighted by molar-refractivity contribution is -0.153. The van der Waals surface area contributed by atoms with Crippen LogP contribution in [0.3, 0.4) is 0 Å². The van der Waals surface area contributed by atoms with Crippen molar-refractivity contribution in [3.05, 3.63) is 23.3 Å². The molecule has 0 spiro atoms. The molecule has 4 nitrogen and oxygen atoms in total. The lowest BCUT2D eigenvalue weighted by atomic mass is 9.97. The normalized spacial score (nSPS) is 26.9. The molecule has 0 aromatic rings. The van der Waals surface area contributed by atoms with Gasteiger partial charge in [0.2, 0.25) is 0 Å². The third-order valence-electron chi connectivity index (χ3n) is 3.21. The second-order valence-electron chi connectivity index (χ2n) is 4.52. The molecule has 0 aromatic carbocycles. The van der Waals surface area contributed by atoms with Crippen LogP contribution in [0.15, 0.2) is 23.3 Å². The SMILES string of the molecule is CC#C/C=C\C(=C(\C)CC)C1OC(C)OC1C(=O)OC. The molecule has 0 N–H and O–H groups in total. The van der Waals surface area contributed by atoms with Crippen LogP contribution in [0.1, 0.15) is 34.1 Å². The molecule has 3 atom stereocenters. The molecule has 110 valence electrons. The average Bonchev–Trinajstić information content (AvgIpc) is 2.83. The summed E-state index contributed by atoms with van der Waals surface area (Å²) in [5.41, 5.74) is 2.06. The molecule has 3 unspecified atom stereocenters. The zero-order valence-electron chi connectivity index (χ0n) is 12.7. The van der Waals surface area contributed by atoms with Crippen LogP contribution in [0.5, 0.6) is 0 Å². The lowest BCUT2D eigenvalue weighted by Gasteiger charge is -2.18. The van der Waals surface area contributed by atoms with Crippen LogP contribution < -0.4 is 0 Å². The Kier molecular flexibility index (Phi) is 6.50. The van der Waals surface area contributed by atoms with Crippen LogP contribution in [0, 0.1) is 11.8 Å². The first kappa shape index (κ1) is 16.5. The van der Waals surface area contributed by atoms with Crippen molar-refractivity contribution >= 4 is 5.97 Å². The van der Waals surface area contributed by atoms with Crippen LogP contribution in [0.2, 0.25) is 0 Å². The first-order chi connectivity index (χ1) is 9.54. The molecule has 0 aliphatic carbocycles. The standard InChI is InChI=1S/C16H22O4/c1-6-8-9-10-13(11(3)7-2)14-15(16(17)18-5)20-12(4)19-14/h9-10,12,14-15H,7H2,1-5H3/b10-9-,13-11+. The van der Waals surface area contributed by atoms with E-state index in [2.05, 4.69) is 18.8 Å². The van der Waals surface area contributed by atoms with Gasteiger partial charge in [-0.2, -0.15) is 0 Å². The number of rotatable bonds is 4. The monoisotopic (exact) mass is 278 g/mol. The van der Waals surface area contributed by atoms with Crippen LogP contribution in [0.4, 0.5) is 0 Å². The van der Waals surface area contributed by atoms with Crippen LogP contribution >= 0.6 is 0 Å². The molecule has 1 heterocycles. The molecule has 4 heteroatoms. The van der Waals surface area contributed by atoms with E-state index in [1.54, 1.807) is 19.9 Å². The summed E-state index contributed by atoms with van der Waals surface area (Å²) in [6, 6.07) is 0. The third kappa shape index (κ3) is 3.96. The molecule has 1 aliphatic rings. The van der Waals surface area contributed by atoms with Crippen LogP contribution in [-0.2, 0) is 19.0 Å². The first-order valence-electron chi connectivity index (χ1n) is 6.72. The van der Waals surface area contributed by atoms with Gasteiger partial charge in [0, 0.05) is 0 Å². The van der Waals surface area contributed by atoms with Gasteiger partial charge in [-0.1, -0.05) is 18.4 Å². The minimum absolute atomic E-state index is 0.421. The molecule has 0 aromatic heterocycles. The van der Waals surface area contributed by atoms with Gasteiger partial charge in [-0.25, -0.2) is 4.79 Å². The zero-order valence-corrected chi connectivity index (χ0v) is 12.7. The van der Waals surface area contributed by atoms with Gasteiger partial charge in [0.05, 0.1) is 7.11 Å². The van der Waals surface area contributed by atoms with E-state index in [4.69, 9.17) is 14.2 Å². The van der Waals surface area contributed by atoms with Crippen molar-refractivity contribution in [1.29, 1.82) is 0 Å². The number of carbonyl (C=O) groups is 1. The van der Waals surface area contributed by atoms with E-state index >= 15 is 0 Å². The summed E-state index contributed by atoms with van der Waals surface area (Å²) in [5.74, 6) is 5.25. The Balaban J connectivity index is 3.10. The largest absolute Gasteiger partial charge is 0.467 e. The van der Waals surface area contributed by atoms with Crippen molar-refractivity contribution < 1.29 is 19.0 Å². The Bertz CT molecular complexity index is 465. The summed E-state index contributed by atoms with van der Waals surface area (Å²) >= 11 is 0. The van der Waals surface area contributed by atoms with Gasteiger partial charge in [0.25, 0.3) is 0 Å². The topological polar surface area (TPSA) is 44.8 Å². The van der Waals surface area contributed by atoms with Gasteiger partial charge in [0.1, 0.15) is 6.10 Å². The maximum atomic E-state index is 11.8. The van der Waals surface area contributed by atoms with Gasteiger partial charge in [-0.3, -0.25) is 0 Å². The molecule has 20 heavy (non-hydrogen) atoms. The Labute approximate surface area is 120 Å². The fourth-order valence-electron chi connectivity index (χ4n) is 2.02. The maximum Gasteiger partial charge on any atom is 0.338 e. The van der Waals surface area contributed by atoms with Crippen LogP contribution in [-0.4, -0.2) is 31.6 Å². The van der Waals surface area contributed by atoms with E-state index in [1.165, 1.54) is 7.11 Å². The molecule has 0 bridgehead atoms. The minimum atomic E-state index is -0.731. The molecular formula is C16H22O4. The highest BCUT2D eigenvalue weighted by Crippen LogP contribution is 2.29. The number of ether oxygens (including phenoxy) is 3. The Morgan fingerprint density at radius 2 is 2.00 bits per heavy atom. The molecule has 0 amide bonds. The van der Waals surface area contributed by atoms with Gasteiger partial charge in [-0.05, 0) is 44.9 Å². The number of carbonyl (C=O) groups excluding carboxylic acids is 1. The van der Waals surface area contributed by atoms with Gasteiger partial charge in [0.15, 0.2) is 12.4 Å². The van der Waals surface area contributed by atoms with Crippen molar-refractivity contribution in [3.63, 3.8) is 0 Å². The summed E-state index contributed by atoms with van der Waals surface area (Å²) in [7, 11) is 1.35. The molecule has 1 saturated heterocycles. The van der Waals surface area contributed by atoms with Crippen molar-refractivity contribution in [2.45, 2.75) is 52.6 Å². The quantitative estimate of drug-likeness (QED) is 0.450. The molecule has 1 fully saturated rings. The summed E-state index contributed by atoms with van der Waals surface area (Å²) in [6.07, 6.45) is 2.89. The second kappa shape index (κ2) is 7.88. The first-order valence-corrected chi connectivity index (χ1v) is 6.72. The number of methoxy groups -OCH3 is 1. The van der Waals surface area contributed by atoms with E-state index in [9.17, 15) is 4.79 Å². The predicted octanol–water partition coefficient (Wildman–Crippen LogP) is 2.60. The van der Waals surface area contributed by atoms with E-state index < -0.39 is 24.5 Å². The fraction of sp³-hybridized carbons (Fsp3) is 0.562. The highest BCUT2D eigenvalue weighted by atomic mass is 16.7. The van der Waals surface area contributed by atoms with Crippen molar-refractivity contribution in [3.8, 4) is 11.8 Å². The summed E-state index contributed by atoms with van der Waals surface area (Å²) in [6.45, 7) is 7.61. The third-order valence-corrected chi connectivity index (χ3v) is 3.21. The summed E-state index contributed by atoms with van der Waals surface area (Å²) in [5, 5.41) is 0. The number of esters is 1. The second-order valence-corrected chi connectivity index (χ2v) is 4.52. The Morgan fingerprint density at radius 1 is 1.35 bits per heavy atom. The summed E-state index contributed by atoms with van der Waals surface area (Å²) in [4.78, 5) is 11.8. The molecule has 0 saturated carbocycles. The smallest absolute Gasteiger partial charge is 0.338 e. The van der Waals surface area contributed by atoms with Crippen molar-refractivity contribution in [2.75, 3.05) is 7.11 Å². The molecule has 1 rings (SSSR count). The van der Waals surface area contributed by atoms with Crippen LogP contribution in [0.25, 0.3) is 0 Å². The number of allylic oxidation sites excluding steroid dienone is 2. The predicted molar refractivity (Wildman–Crippen MR) is 76.8 cm³/mol. The van der Waals surface area contributed by atoms with E-state index in [1.807, 2.05) is 13.0 Å². The summed E-state index contributed by atoms with van der Waals surface area (Å²) < 4.78 is 16.0. The Hall–Kier alpha value is -1.57.